The zero-order valence-corrected chi connectivity index (χ0v) is 9.82. The fourth-order valence-electron chi connectivity index (χ4n) is 1.41. The SMILES string of the molecule is C=CN1CCN(C(=O)OC(C)(C)C)CC1. The van der Waals surface area contributed by atoms with Crippen LogP contribution in [0.2, 0.25) is 0 Å². The quantitative estimate of drug-likeness (QED) is 0.663. The second-order valence-corrected chi connectivity index (χ2v) is 4.69. The van der Waals surface area contributed by atoms with E-state index >= 15 is 0 Å². The Morgan fingerprint density at radius 2 is 1.80 bits per heavy atom. The monoisotopic (exact) mass is 212 g/mol. The largest absolute Gasteiger partial charge is 0.444 e. The summed E-state index contributed by atoms with van der Waals surface area (Å²) in [5.41, 5.74) is -0.410. The first-order valence-electron chi connectivity index (χ1n) is 5.27. The minimum absolute atomic E-state index is 0.216. The van der Waals surface area contributed by atoms with E-state index in [1.165, 1.54) is 0 Å². The van der Waals surface area contributed by atoms with Crippen LogP contribution in [0, 0.1) is 0 Å². The molecule has 0 aromatic rings. The zero-order chi connectivity index (χ0) is 11.5. The topological polar surface area (TPSA) is 32.8 Å². The van der Waals surface area contributed by atoms with E-state index in [9.17, 15) is 4.79 Å². The highest BCUT2D eigenvalue weighted by Crippen LogP contribution is 2.11. The van der Waals surface area contributed by atoms with Gasteiger partial charge < -0.3 is 14.5 Å². The van der Waals surface area contributed by atoms with Crippen LogP contribution in [0.3, 0.4) is 0 Å². The van der Waals surface area contributed by atoms with Crippen molar-refractivity contribution in [2.45, 2.75) is 26.4 Å². The summed E-state index contributed by atoms with van der Waals surface area (Å²) in [5, 5.41) is 0. The molecule has 1 fully saturated rings. The molecule has 4 nitrogen and oxygen atoms in total. The van der Waals surface area contributed by atoms with Crippen LogP contribution in [-0.4, -0.2) is 47.7 Å². The standard InChI is InChI=1S/C11H20N2O2/c1-5-12-6-8-13(9-7-12)10(14)15-11(2,3)4/h5H,1,6-9H2,2-4H3. The van der Waals surface area contributed by atoms with Crippen molar-refractivity contribution >= 4 is 6.09 Å². The number of nitrogens with zero attached hydrogens (tertiary/aromatic N) is 2. The lowest BCUT2D eigenvalue weighted by Gasteiger charge is -2.34. The Balaban J connectivity index is 2.40. The smallest absolute Gasteiger partial charge is 0.410 e. The summed E-state index contributed by atoms with van der Waals surface area (Å²) in [5.74, 6) is 0. The molecular weight excluding hydrogens is 192 g/mol. The average molecular weight is 212 g/mol. The van der Waals surface area contributed by atoms with Crippen molar-refractivity contribution in [2.75, 3.05) is 26.2 Å². The van der Waals surface area contributed by atoms with Crippen LogP contribution in [-0.2, 0) is 4.74 Å². The van der Waals surface area contributed by atoms with Crippen molar-refractivity contribution in [3.63, 3.8) is 0 Å². The molecule has 1 aliphatic heterocycles. The maximum atomic E-state index is 11.7. The van der Waals surface area contributed by atoms with E-state index in [0.717, 1.165) is 13.1 Å². The van der Waals surface area contributed by atoms with Crippen LogP contribution in [0.15, 0.2) is 12.8 Å². The van der Waals surface area contributed by atoms with E-state index in [-0.39, 0.29) is 6.09 Å². The van der Waals surface area contributed by atoms with Gasteiger partial charge in [0.05, 0.1) is 0 Å². The number of hydrogen-bond acceptors (Lipinski definition) is 3. The van der Waals surface area contributed by atoms with Crippen molar-refractivity contribution < 1.29 is 9.53 Å². The molecule has 4 heteroatoms. The van der Waals surface area contributed by atoms with Gasteiger partial charge in [-0.3, -0.25) is 0 Å². The van der Waals surface area contributed by atoms with Gasteiger partial charge in [-0.15, -0.1) is 0 Å². The van der Waals surface area contributed by atoms with Gasteiger partial charge in [-0.25, -0.2) is 4.79 Å². The van der Waals surface area contributed by atoms with E-state index in [4.69, 9.17) is 4.74 Å². The summed E-state index contributed by atoms with van der Waals surface area (Å²) in [6, 6.07) is 0. The van der Waals surface area contributed by atoms with E-state index < -0.39 is 5.60 Å². The van der Waals surface area contributed by atoms with Gasteiger partial charge in [0.2, 0.25) is 0 Å². The number of carbonyl (C=O) groups is 1. The average Bonchev–Trinajstić information content (AvgIpc) is 2.15. The Morgan fingerprint density at radius 3 is 2.20 bits per heavy atom. The third-order valence-corrected chi connectivity index (χ3v) is 2.22. The Morgan fingerprint density at radius 1 is 1.27 bits per heavy atom. The summed E-state index contributed by atoms with van der Waals surface area (Å²) in [4.78, 5) is 15.5. The highest BCUT2D eigenvalue weighted by atomic mass is 16.6. The molecule has 15 heavy (non-hydrogen) atoms. The van der Waals surface area contributed by atoms with Crippen molar-refractivity contribution in [1.29, 1.82) is 0 Å². The van der Waals surface area contributed by atoms with Crippen LogP contribution in [0.25, 0.3) is 0 Å². The van der Waals surface area contributed by atoms with E-state index in [2.05, 4.69) is 11.5 Å². The van der Waals surface area contributed by atoms with Gasteiger partial charge in [0, 0.05) is 26.2 Å². The molecule has 0 spiro atoms. The molecule has 1 aliphatic rings. The molecule has 0 aromatic heterocycles. The molecule has 0 radical (unpaired) electrons. The third kappa shape index (κ3) is 3.81. The van der Waals surface area contributed by atoms with Gasteiger partial charge in [0.15, 0.2) is 0 Å². The number of hydrogen-bond donors (Lipinski definition) is 0. The normalized spacial score (nSPS) is 17.5. The summed E-state index contributed by atoms with van der Waals surface area (Å²) in [6.45, 7) is 12.4. The first-order valence-corrected chi connectivity index (χ1v) is 5.27. The molecule has 0 atom stereocenters. The number of ether oxygens (including phenoxy) is 1. The number of piperazine rings is 1. The van der Waals surface area contributed by atoms with Crippen molar-refractivity contribution in [1.82, 2.24) is 9.80 Å². The highest BCUT2D eigenvalue weighted by molar-refractivity contribution is 5.68. The van der Waals surface area contributed by atoms with Gasteiger partial charge >= 0.3 is 6.09 Å². The van der Waals surface area contributed by atoms with Crippen LogP contribution < -0.4 is 0 Å². The molecule has 86 valence electrons. The number of amides is 1. The van der Waals surface area contributed by atoms with Gasteiger partial charge in [0.25, 0.3) is 0 Å². The predicted molar refractivity (Wildman–Crippen MR) is 59.6 cm³/mol. The fourth-order valence-corrected chi connectivity index (χ4v) is 1.41. The Labute approximate surface area is 91.5 Å². The lowest BCUT2D eigenvalue weighted by molar-refractivity contribution is 0.0177. The molecule has 0 unspecified atom stereocenters. The maximum Gasteiger partial charge on any atom is 0.410 e. The Hall–Kier alpha value is -1.19. The maximum absolute atomic E-state index is 11.7. The van der Waals surface area contributed by atoms with Gasteiger partial charge in [-0.05, 0) is 27.0 Å². The van der Waals surface area contributed by atoms with E-state index in [1.54, 1.807) is 4.90 Å². The lowest BCUT2D eigenvalue weighted by atomic mass is 10.2. The van der Waals surface area contributed by atoms with Gasteiger partial charge in [-0.2, -0.15) is 0 Å². The van der Waals surface area contributed by atoms with Crippen LogP contribution in [0.1, 0.15) is 20.8 Å². The first kappa shape index (κ1) is 11.9. The number of rotatable bonds is 1. The fraction of sp³-hybridized carbons (Fsp3) is 0.727. The van der Waals surface area contributed by atoms with E-state index in [0.29, 0.717) is 13.1 Å². The second-order valence-electron chi connectivity index (χ2n) is 4.69. The summed E-state index contributed by atoms with van der Waals surface area (Å²) >= 11 is 0. The van der Waals surface area contributed by atoms with Crippen LogP contribution >= 0.6 is 0 Å². The molecule has 1 rings (SSSR count). The highest BCUT2D eigenvalue weighted by Gasteiger charge is 2.24. The molecule has 0 aliphatic carbocycles. The zero-order valence-electron chi connectivity index (χ0n) is 9.82. The minimum atomic E-state index is -0.410. The van der Waals surface area contributed by atoms with Crippen molar-refractivity contribution in [3.8, 4) is 0 Å². The van der Waals surface area contributed by atoms with Crippen molar-refractivity contribution in [3.05, 3.63) is 12.8 Å². The first-order chi connectivity index (χ1) is 6.92. The lowest BCUT2D eigenvalue weighted by Crippen LogP contribution is -2.48. The van der Waals surface area contributed by atoms with Gasteiger partial charge in [-0.1, -0.05) is 6.58 Å². The molecule has 0 aromatic carbocycles. The third-order valence-electron chi connectivity index (χ3n) is 2.22. The molecule has 1 amide bonds. The molecule has 0 saturated carbocycles. The Kier molecular flexibility index (Phi) is 3.61. The van der Waals surface area contributed by atoms with Gasteiger partial charge in [0.1, 0.15) is 5.60 Å². The molecular formula is C11H20N2O2. The summed E-state index contributed by atoms with van der Waals surface area (Å²) in [7, 11) is 0. The summed E-state index contributed by atoms with van der Waals surface area (Å²) < 4.78 is 5.29. The number of carbonyl (C=O) groups excluding carboxylic acids is 1. The summed E-state index contributed by atoms with van der Waals surface area (Å²) in [6.07, 6.45) is 1.60. The van der Waals surface area contributed by atoms with Crippen LogP contribution in [0.5, 0.6) is 0 Å². The van der Waals surface area contributed by atoms with Crippen LogP contribution in [0.4, 0.5) is 4.79 Å². The van der Waals surface area contributed by atoms with E-state index in [1.807, 2.05) is 27.0 Å². The minimum Gasteiger partial charge on any atom is -0.444 e. The predicted octanol–water partition coefficient (Wildman–Crippen LogP) is 1.68. The Bertz CT molecular complexity index is 237. The van der Waals surface area contributed by atoms with Crippen molar-refractivity contribution in [2.24, 2.45) is 0 Å². The molecule has 0 bridgehead atoms. The molecule has 1 heterocycles. The molecule has 1 saturated heterocycles. The molecule has 0 N–H and O–H groups in total. The second kappa shape index (κ2) is 4.55.